The molecule has 0 fully saturated rings. The summed E-state index contributed by atoms with van der Waals surface area (Å²) in [6, 6.07) is 14.6. The highest BCUT2D eigenvalue weighted by atomic mass is 16.3. The average molecular weight is 224 g/mol. The number of aliphatic hydroxyl groups excluding tert-OH is 1. The van der Waals surface area contributed by atoms with Gasteiger partial charge in [0, 0.05) is 0 Å². The highest BCUT2D eigenvalue weighted by molar-refractivity contribution is 5.85. The van der Waals surface area contributed by atoms with Crippen LogP contribution in [0.3, 0.4) is 0 Å². The largest absolute Gasteiger partial charge is 0.380 e. The summed E-state index contributed by atoms with van der Waals surface area (Å²) in [5.41, 5.74) is 1.28. The lowest BCUT2D eigenvalue weighted by molar-refractivity contribution is 0.222. The zero-order chi connectivity index (χ0) is 12.1. The first-order valence-corrected chi connectivity index (χ1v) is 5.88. The molecule has 0 aromatic heterocycles. The molecule has 17 heavy (non-hydrogen) atoms. The van der Waals surface area contributed by atoms with Gasteiger partial charge in [-0.15, -0.1) is 5.92 Å². The van der Waals surface area contributed by atoms with E-state index in [0.29, 0.717) is 6.42 Å². The van der Waals surface area contributed by atoms with E-state index in [0.717, 1.165) is 6.42 Å². The van der Waals surface area contributed by atoms with Gasteiger partial charge in [-0.05, 0) is 36.1 Å². The van der Waals surface area contributed by atoms with Crippen molar-refractivity contribution in [3.05, 3.63) is 48.0 Å². The van der Waals surface area contributed by atoms with Gasteiger partial charge < -0.3 is 5.11 Å². The smallest absolute Gasteiger partial charge is 0.115 e. The average Bonchev–Trinajstić information content (AvgIpc) is 2.36. The summed E-state index contributed by atoms with van der Waals surface area (Å²) in [6.45, 7) is 1.75. The maximum absolute atomic E-state index is 9.61. The van der Waals surface area contributed by atoms with Gasteiger partial charge >= 0.3 is 0 Å². The molecule has 0 bridgehead atoms. The van der Waals surface area contributed by atoms with Gasteiger partial charge in [0.25, 0.3) is 0 Å². The van der Waals surface area contributed by atoms with Crippen LogP contribution < -0.4 is 0 Å². The summed E-state index contributed by atoms with van der Waals surface area (Å²) in [6.07, 6.45) is 1.03. The molecule has 0 amide bonds. The molecule has 0 saturated heterocycles. The summed E-state index contributed by atoms with van der Waals surface area (Å²) >= 11 is 0. The van der Waals surface area contributed by atoms with Crippen LogP contribution >= 0.6 is 0 Å². The van der Waals surface area contributed by atoms with Crippen molar-refractivity contribution >= 4 is 10.8 Å². The van der Waals surface area contributed by atoms with E-state index in [1.54, 1.807) is 6.92 Å². The standard InChI is InChI=1S/C16H16O/c1-2-6-15(17)12-11-14-9-5-8-13-7-3-4-10-16(13)14/h3-5,7-10,15,17H,11-12H2,1H3/t15-/m0/s1. The molecule has 0 saturated carbocycles. The molecule has 2 aromatic carbocycles. The maximum Gasteiger partial charge on any atom is 0.115 e. The molecule has 1 nitrogen and oxygen atoms in total. The second-order valence-corrected chi connectivity index (χ2v) is 4.09. The Morgan fingerprint density at radius 1 is 1.12 bits per heavy atom. The minimum atomic E-state index is -0.515. The fraction of sp³-hybridized carbons (Fsp3) is 0.250. The Morgan fingerprint density at radius 2 is 1.88 bits per heavy atom. The molecule has 0 aliphatic carbocycles. The van der Waals surface area contributed by atoms with Crippen molar-refractivity contribution in [2.75, 3.05) is 0 Å². The van der Waals surface area contributed by atoms with Crippen LogP contribution in [0.4, 0.5) is 0 Å². The number of fused-ring (bicyclic) bond motifs is 1. The van der Waals surface area contributed by atoms with Crippen molar-refractivity contribution in [1.82, 2.24) is 0 Å². The second-order valence-electron chi connectivity index (χ2n) is 4.09. The minimum absolute atomic E-state index is 0.515. The minimum Gasteiger partial charge on any atom is -0.380 e. The van der Waals surface area contributed by atoms with Crippen molar-refractivity contribution < 1.29 is 5.11 Å². The summed E-state index contributed by atoms with van der Waals surface area (Å²) in [5, 5.41) is 12.1. The molecule has 0 spiro atoms. The van der Waals surface area contributed by atoms with Gasteiger partial charge in [0.15, 0.2) is 0 Å². The quantitative estimate of drug-likeness (QED) is 0.794. The first kappa shape index (κ1) is 11.7. The molecule has 1 heteroatoms. The van der Waals surface area contributed by atoms with Crippen molar-refractivity contribution in [3.8, 4) is 11.8 Å². The topological polar surface area (TPSA) is 20.2 Å². The summed E-state index contributed by atoms with van der Waals surface area (Å²) in [4.78, 5) is 0. The zero-order valence-electron chi connectivity index (χ0n) is 9.98. The van der Waals surface area contributed by atoms with E-state index in [-0.39, 0.29) is 0 Å². The Balaban J connectivity index is 2.20. The molecule has 1 N–H and O–H groups in total. The Morgan fingerprint density at radius 3 is 2.71 bits per heavy atom. The molecule has 0 unspecified atom stereocenters. The number of hydrogen-bond acceptors (Lipinski definition) is 1. The van der Waals surface area contributed by atoms with Gasteiger partial charge in [-0.3, -0.25) is 0 Å². The van der Waals surface area contributed by atoms with Gasteiger partial charge in [0.05, 0.1) is 0 Å². The van der Waals surface area contributed by atoms with E-state index in [1.165, 1.54) is 16.3 Å². The second kappa shape index (κ2) is 5.52. The number of benzene rings is 2. The van der Waals surface area contributed by atoms with Crippen molar-refractivity contribution in [2.45, 2.75) is 25.9 Å². The van der Waals surface area contributed by atoms with Crippen LogP contribution in [-0.2, 0) is 6.42 Å². The molecule has 0 aliphatic heterocycles. The predicted molar refractivity (Wildman–Crippen MR) is 71.7 cm³/mol. The molecular weight excluding hydrogens is 208 g/mol. The molecule has 1 atom stereocenters. The maximum atomic E-state index is 9.61. The molecular formula is C16H16O. The third-order valence-corrected chi connectivity index (χ3v) is 2.88. The lowest BCUT2D eigenvalue weighted by Crippen LogP contribution is -2.04. The van der Waals surface area contributed by atoms with Crippen molar-refractivity contribution in [1.29, 1.82) is 0 Å². The number of hydrogen-bond donors (Lipinski definition) is 1. The van der Waals surface area contributed by atoms with E-state index in [4.69, 9.17) is 0 Å². The van der Waals surface area contributed by atoms with Crippen LogP contribution in [0.15, 0.2) is 42.5 Å². The molecule has 0 heterocycles. The third-order valence-electron chi connectivity index (χ3n) is 2.88. The first-order chi connectivity index (χ1) is 8.31. The van der Waals surface area contributed by atoms with Gasteiger partial charge in [-0.1, -0.05) is 48.4 Å². The van der Waals surface area contributed by atoms with Crippen LogP contribution in [0.1, 0.15) is 18.9 Å². The van der Waals surface area contributed by atoms with Crippen LogP contribution in [0.2, 0.25) is 0 Å². The van der Waals surface area contributed by atoms with Crippen LogP contribution in [0.25, 0.3) is 10.8 Å². The fourth-order valence-electron chi connectivity index (χ4n) is 2.04. The molecule has 86 valence electrons. The van der Waals surface area contributed by atoms with Gasteiger partial charge in [-0.25, -0.2) is 0 Å². The van der Waals surface area contributed by atoms with E-state index in [2.05, 4.69) is 42.2 Å². The Hall–Kier alpha value is -1.78. The lowest BCUT2D eigenvalue weighted by Gasteiger charge is -2.07. The SMILES string of the molecule is CC#C[C@H](O)CCc1cccc2ccccc12. The van der Waals surface area contributed by atoms with Crippen molar-refractivity contribution in [3.63, 3.8) is 0 Å². The van der Waals surface area contributed by atoms with Crippen molar-refractivity contribution in [2.24, 2.45) is 0 Å². The normalized spacial score (nSPS) is 11.9. The zero-order valence-corrected chi connectivity index (χ0v) is 9.98. The Bertz CT molecular complexity index is 555. The fourth-order valence-corrected chi connectivity index (χ4v) is 2.04. The number of aliphatic hydroxyl groups is 1. The van der Waals surface area contributed by atoms with Crippen LogP contribution in [0.5, 0.6) is 0 Å². The van der Waals surface area contributed by atoms with E-state index < -0.39 is 6.10 Å². The Kier molecular flexibility index (Phi) is 3.80. The monoisotopic (exact) mass is 224 g/mol. The van der Waals surface area contributed by atoms with E-state index >= 15 is 0 Å². The summed E-state index contributed by atoms with van der Waals surface area (Å²) < 4.78 is 0. The third kappa shape index (κ3) is 2.87. The van der Waals surface area contributed by atoms with Gasteiger partial charge in [0.1, 0.15) is 6.10 Å². The van der Waals surface area contributed by atoms with E-state index in [1.807, 2.05) is 12.1 Å². The highest BCUT2D eigenvalue weighted by Crippen LogP contribution is 2.20. The van der Waals surface area contributed by atoms with Crippen LogP contribution in [-0.4, -0.2) is 11.2 Å². The Labute approximate surface area is 102 Å². The van der Waals surface area contributed by atoms with Gasteiger partial charge in [0.2, 0.25) is 0 Å². The highest BCUT2D eigenvalue weighted by Gasteiger charge is 2.03. The summed E-state index contributed by atoms with van der Waals surface area (Å²) in [7, 11) is 0. The van der Waals surface area contributed by atoms with E-state index in [9.17, 15) is 5.11 Å². The number of aryl methyl sites for hydroxylation is 1. The van der Waals surface area contributed by atoms with Gasteiger partial charge in [-0.2, -0.15) is 0 Å². The predicted octanol–water partition coefficient (Wildman–Crippen LogP) is 3.16. The lowest BCUT2D eigenvalue weighted by atomic mass is 10.00. The molecule has 0 aliphatic rings. The molecule has 2 rings (SSSR count). The molecule has 0 radical (unpaired) electrons. The van der Waals surface area contributed by atoms with Crippen LogP contribution in [0, 0.1) is 11.8 Å². The molecule has 2 aromatic rings. The first-order valence-electron chi connectivity index (χ1n) is 5.88. The summed E-state index contributed by atoms with van der Waals surface area (Å²) in [5.74, 6) is 5.51. The number of rotatable bonds is 3.